The van der Waals surface area contributed by atoms with E-state index in [0.717, 1.165) is 12.1 Å². The molecule has 1 heterocycles. The summed E-state index contributed by atoms with van der Waals surface area (Å²) in [5.74, 6) is -2.14. The Morgan fingerprint density at radius 2 is 2.00 bits per heavy atom. The van der Waals surface area contributed by atoms with Gasteiger partial charge in [0.2, 0.25) is 0 Å². The Morgan fingerprint density at radius 1 is 1.22 bits per heavy atom. The molecule has 0 radical (unpaired) electrons. The maximum Gasteiger partial charge on any atom is 0.287 e. The van der Waals surface area contributed by atoms with Crippen molar-refractivity contribution >= 4 is 21.8 Å². The zero-order chi connectivity index (χ0) is 13.1. The largest absolute Gasteiger partial charge is 0.444 e. The van der Waals surface area contributed by atoms with E-state index in [1.54, 1.807) is 6.07 Å². The van der Waals surface area contributed by atoms with Crippen LogP contribution in [0.1, 0.15) is 16.1 Å². The van der Waals surface area contributed by atoms with Crippen LogP contribution in [0, 0.1) is 11.6 Å². The number of furan rings is 1. The van der Waals surface area contributed by atoms with Crippen molar-refractivity contribution in [2.45, 2.75) is 6.54 Å². The molecule has 3 nitrogen and oxygen atoms in total. The fraction of sp³-hybridized carbons (Fsp3) is 0.0833. The summed E-state index contributed by atoms with van der Waals surface area (Å²) >= 11 is 3.08. The molecule has 2 aromatic rings. The van der Waals surface area contributed by atoms with E-state index in [9.17, 15) is 13.6 Å². The topological polar surface area (TPSA) is 42.2 Å². The molecule has 1 N–H and O–H groups in total. The Bertz CT molecular complexity index is 583. The Hall–Kier alpha value is -1.69. The third-order valence-corrected chi connectivity index (χ3v) is 2.66. The number of carbonyl (C=O) groups is 1. The molecular weight excluding hydrogens is 308 g/mol. The van der Waals surface area contributed by atoms with Gasteiger partial charge < -0.3 is 9.73 Å². The first kappa shape index (κ1) is 12.8. The number of amides is 1. The van der Waals surface area contributed by atoms with Gasteiger partial charge >= 0.3 is 0 Å². The van der Waals surface area contributed by atoms with Crippen LogP contribution < -0.4 is 5.32 Å². The van der Waals surface area contributed by atoms with Gasteiger partial charge in [-0.15, -0.1) is 0 Å². The minimum absolute atomic E-state index is 0.0916. The van der Waals surface area contributed by atoms with Crippen molar-refractivity contribution in [3.63, 3.8) is 0 Å². The molecular formula is C12H8BrF2NO2. The first-order valence-electron chi connectivity index (χ1n) is 5.04. The summed E-state index contributed by atoms with van der Waals surface area (Å²) in [7, 11) is 0. The third-order valence-electron chi connectivity index (χ3n) is 2.23. The molecule has 0 aliphatic rings. The summed E-state index contributed by atoms with van der Waals surface area (Å²) < 4.78 is 31.1. The maximum atomic E-state index is 12.9. The number of hydrogen-bond acceptors (Lipinski definition) is 2. The molecule has 0 saturated heterocycles. The molecule has 0 atom stereocenters. The van der Waals surface area contributed by atoms with Crippen molar-refractivity contribution in [2.75, 3.05) is 0 Å². The Kier molecular flexibility index (Phi) is 3.76. The lowest BCUT2D eigenvalue weighted by molar-refractivity contribution is 0.0922. The summed E-state index contributed by atoms with van der Waals surface area (Å²) in [4.78, 5) is 11.6. The fourth-order valence-corrected chi connectivity index (χ4v) is 1.66. The van der Waals surface area contributed by atoms with Crippen molar-refractivity contribution < 1.29 is 18.0 Å². The van der Waals surface area contributed by atoms with Crippen LogP contribution in [-0.4, -0.2) is 5.91 Å². The summed E-state index contributed by atoms with van der Waals surface area (Å²) in [5.41, 5.74) is 0.466. The molecule has 1 aromatic heterocycles. The lowest BCUT2D eigenvalue weighted by Crippen LogP contribution is -2.22. The minimum Gasteiger partial charge on any atom is -0.444 e. The highest BCUT2D eigenvalue weighted by molar-refractivity contribution is 9.10. The van der Waals surface area contributed by atoms with E-state index in [2.05, 4.69) is 21.2 Å². The van der Waals surface area contributed by atoms with Crippen molar-refractivity contribution in [3.05, 3.63) is 58.0 Å². The number of nitrogens with one attached hydrogen (secondary N) is 1. The molecule has 0 saturated carbocycles. The van der Waals surface area contributed by atoms with Gasteiger partial charge in [-0.25, -0.2) is 8.78 Å². The van der Waals surface area contributed by atoms with Crippen LogP contribution in [0.2, 0.25) is 0 Å². The third kappa shape index (κ3) is 2.95. The van der Waals surface area contributed by atoms with Crippen LogP contribution in [-0.2, 0) is 6.54 Å². The Balaban J connectivity index is 1.99. The van der Waals surface area contributed by atoms with E-state index in [0.29, 0.717) is 10.2 Å². The van der Waals surface area contributed by atoms with Crippen LogP contribution in [0.3, 0.4) is 0 Å². The number of carbonyl (C=O) groups excluding carboxylic acids is 1. The van der Waals surface area contributed by atoms with Crippen molar-refractivity contribution in [1.82, 2.24) is 5.32 Å². The summed E-state index contributed by atoms with van der Waals surface area (Å²) in [6.45, 7) is 0.0916. The molecule has 0 fully saturated rings. The highest BCUT2D eigenvalue weighted by Gasteiger charge is 2.10. The van der Waals surface area contributed by atoms with E-state index in [-0.39, 0.29) is 12.3 Å². The quantitative estimate of drug-likeness (QED) is 0.944. The standard InChI is InChI=1S/C12H8BrF2NO2/c13-11-4-3-10(18-11)12(17)16-6-7-1-2-8(14)9(15)5-7/h1-5H,6H2,(H,16,17). The number of rotatable bonds is 3. The lowest BCUT2D eigenvalue weighted by atomic mass is 10.2. The lowest BCUT2D eigenvalue weighted by Gasteiger charge is -2.03. The normalized spacial score (nSPS) is 10.4. The van der Waals surface area contributed by atoms with E-state index in [4.69, 9.17) is 4.42 Å². The number of hydrogen-bond donors (Lipinski definition) is 1. The van der Waals surface area contributed by atoms with Crippen LogP contribution in [0.4, 0.5) is 8.78 Å². The molecule has 94 valence electrons. The van der Waals surface area contributed by atoms with Crippen LogP contribution in [0.5, 0.6) is 0 Å². The van der Waals surface area contributed by atoms with Crippen LogP contribution in [0.25, 0.3) is 0 Å². The van der Waals surface area contributed by atoms with Crippen molar-refractivity contribution in [2.24, 2.45) is 0 Å². The van der Waals surface area contributed by atoms with Gasteiger partial charge in [-0.2, -0.15) is 0 Å². The molecule has 0 bridgehead atoms. The van der Waals surface area contributed by atoms with Gasteiger partial charge in [-0.3, -0.25) is 4.79 Å². The average Bonchev–Trinajstić information content (AvgIpc) is 2.77. The SMILES string of the molecule is O=C(NCc1ccc(F)c(F)c1)c1ccc(Br)o1. The molecule has 0 unspecified atom stereocenters. The van der Waals surface area contributed by atoms with Crippen LogP contribution in [0.15, 0.2) is 39.4 Å². The van der Waals surface area contributed by atoms with Crippen molar-refractivity contribution in [1.29, 1.82) is 0 Å². The molecule has 0 aliphatic carbocycles. The second kappa shape index (κ2) is 5.30. The van der Waals surface area contributed by atoms with Gasteiger partial charge in [0.15, 0.2) is 22.1 Å². The number of benzene rings is 1. The van der Waals surface area contributed by atoms with E-state index < -0.39 is 17.5 Å². The molecule has 1 amide bonds. The summed E-state index contributed by atoms with van der Waals surface area (Å²) in [6.07, 6.45) is 0. The predicted molar refractivity (Wildman–Crippen MR) is 63.9 cm³/mol. The van der Waals surface area contributed by atoms with Gasteiger partial charge in [0, 0.05) is 6.54 Å². The zero-order valence-electron chi connectivity index (χ0n) is 9.04. The Labute approximate surface area is 110 Å². The van der Waals surface area contributed by atoms with Gasteiger partial charge in [0.1, 0.15) is 0 Å². The van der Waals surface area contributed by atoms with E-state index in [1.165, 1.54) is 12.1 Å². The average molecular weight is 316 g/mol. The second-order valence-electron chi connectivity index (χ2n) is 3.53. The first-order valence-corrected chi connectivity index (χ1v) is 5.83. The first-order chi connectivity index (χ1) is 8.56. The molecule has 2 rings (SSSR count). The zero-order valence-corrected chi connectivity index (χ0v) is 10.6. The van der Waals surface area contributed by atoms with Gasteiger partial charge in [-0.1, -0.05) is 6.07 Å². The van der Waals surface area contributed by atoms with Gasteiger partial charge in [-0.05, 0) is 45.8 Å². The molecule has 0 spiro atoms. The van der Waals surface area contributed by atoms with Crippen molar-refractivity contribution in [3.8, 4) is 0 Å². The molecule has 18 heavy (non-hydrogen) atoms. The van der Waals surface area contributed by atoms with E-state index in [1.807, 2.05) is 0 Å². The Morgan fingerprint density at radius 3 is 2.61 bits per heavy atom. The highest BCUT2D eigenvalue weighted by Crippen LogP contribution is 2.14. The predicted octanol–water partition coefficient (Wildman–Crippen LogP) is 3.25. The fourth-order valence-electron chi connectivity index (χ4n) is 1.36. The van der Waals surface area contributed by atoms with E-state index >= 15 is 0 Å². The minimum atomic E-state index is -0.942. The molecule has 1 aromatic carbocycles. The second-order valence-corrected chi connectivity index (χ2v) is 4.32. The smallest absolute Gasteiger partial charge is 0.287 e. The van der Waals surface area contributed by atoms with Crippen LogP contribution >= 0.6 is 15.9 Å². The molecule has 0 aliphatic heterocycles. The summed E-state index contributed by atoms with van der Waals surface area (Å²) in [6, 6.07) is 6.54. The van der Waals surface area contributed by atoms with Gasteiger partial charge in [0.25, 0.3) is 5.91 Å². The van der Waals surface area contributed by atoms with Gasteiger partial charge in [0.05, 0.1) is 0 Å². The monoisotopic (exact) mass is 315 g/mol. The maximum absolute atomic E-state index is 12.9. The molecule has 6 heteroatoms. The highest BCUT2D eigenvalue weighted by atomic mass is 79.9. The summed E-state index contributed by atoms with van der Waals surface area (Å²) in [5, 5.41) is 2.53. The number of halogens is 3.